The molecule has 4 aliphatic carbocycles. The fraction of sp³-hybridized carbons (Fsp3) is 0.706. The van der Waals surface area contributed by atoms with Crippen LogP contribution in [0.2, 0.25) is 0 Å². The largest absolute Gasteiger partial charge is 0.489 e. The maximum absolute atomic E-state index is 15.3. The molecule has 9 atom stereocenters. The molecule has 4 saturated carbocycles. The number of ether oxygens (including phenoxy) is 3. The molecule has 1 aromatic heterocycles. The molecule has 7 fully saturated rings. The number of Topliss-reactive ketones (excluding diaryl/α,β-unsaturated/α-hetero) is 1. The van der Waals surface area contributed by atoms with Gasteiger partial charge in [-0.05, 0) is 127 Å². The number of rotatable bonds is 10. The Hall–Kier alpha value is -4.04. The maximum atomic E-state index is 15.3. The summed E-state index contributed by atoms with van der Waals surface area (Å²) in [5.41, 5.74) is 0.368. The highest BCUT2D eigenvalue weighted by Crippen LogP contribution is 2.57. The predicted octanol–water partition coefficient (Wildman–Crippen LogP) is 7.37. The van der Waals surface area contributed by atoms with Crippen LogP contribution in [-0.2, 0) is 40.4 Å². The Morgan fingerprint density at radius 2 is 1.65 bits per heavy atom. The van der Waals surface area contributed by atoms with E-state index in [1.807, 2.05) is 18.2 Å². The molecule has 352 valence electrons. The third-order valence-corrected chi connectivity index (χ3v) is 19.4. The van der Waals surface area contributed by atoms with E-state index in [0.29, 0.717) is 43.1 Å². The first-order chi connectivity index (χ1) is 31.3. The molecule has 4 aliphatic heterocycles. The third-order valence-electron chi connectivity index (χ3n) is 17.2. The fourth-order valence-electron chi connectivity index (χ4n) is 12.4. The zero-order chi connectivity index (χ0) is 45.3. The van der Waals surface area contributed by atoms with E-state index >= 15 is 4.79 Å². The van der Waals surface area contributed by atoms with Gasteiger partial charge in [0.05, 0.1) is 46.2 Å². The average molecular weight is 913 g/mol. The number of carbonyl (C=O) groups excluding carboxylic acids is 4. The lowest BCUT2D eigenvalue weighted by molar-refractivity contribution is -0.153. The molecule has 1 N–H and O–H groups in total. The molecular weight excluding hydrogens is 845 g/mol. The minimum absolute atomic E-state index is 0.0388. The second-order valence-corrected chi connectivity index (χ2v) is 23.7. The number of fused-ring (bicyclic) bond motifs is 7. The van der Waals surface area contributed by atoms with Crippen LogP contribution in [0.15, 0.2) is 36.9 Å². The Balaban J connectivity index is 0.998. The minimum Gasteiger partial charge on any atom is -0.489 e. The summed E-state index contributed by atoms with van der Waals surface area (Å²) < 4.78 is 48.2. The van der Waals surface area contributed by atoms with Gasteiger partial charge >= 0.3 is 5.97 Å². The highest BCUT2D eigenvalue weighted by atomic mass is 32.2. The lowest BCUT2D eigenvalue weighted by Crippen LogP contribution is -2.48. The molecule has 1 aromatic carbocycles. The van der Waals surface area contributed by atoms with Crippen LogP contribution in [0.4, 0.5) is 0 Å². The predicted molar refractivity (Wildman–Crippen MR) is 244 cm³/mol. The van der Waals surface area contributed by atoms with Gasteiger partial charge in [-0.1, -0.05) is 50.3 Å². The summed E-state index contributed by atoms with van der Waals surface area (Å²) in [6.45, 7) is 5.64. The molecule has 0 radical (unpaired) electrons. The van der Waals surface area contributed by atoms with Gasteiger partial charge in [-0.15, -0.1) is 6.58 Å². The van der Waals surface area contributed by atoms with E-state index in [1.165, 1.54) is 12.8 Å². The highest BCUT2D eigenvalue weighted by Gasteiger charge is 2.62. The van der Waals surface area contributed by atoms with E-state index in [-0.39, 0.29) is 68.0 Å². The number of ketones is 1. The summed E-state index contributed by atoms with van der Waals surface area (Å²) >= 11 is 0. The molecule has 5 heterocycles. The second kappa shape index (κ2) is 17.6. The summed E-state index contributed by atoms with van der Waals surface area (Å²) in [7, 11) is -1.73. The van der Waals surface area contributed by atoms with Crippen molar-refractivity contribution in [2.75, 3.05) is 13.6 Å². The fourth-order valence-corrected chi connectivity index (χ4v) is 13.8. The number of hydrogen-bond donors (Lipinski definition) is 1. The van der Waals surface area contributed by atoms with Crippen LogP contribution in [-0.4, -0.2) is 102 Å². The SMILES string of the molecule is C=C[C@@H]1C[C@]1(CC(=O)[C@@H]1C[C@@H]2CN1C(=O)[C@H](C1CCCCC1)CC(=O)O[C@@H]1C[C@H]1CCCCCc1c(nc3ccccc3c1OC1CC3CCC(C1)N3C)O2)C(=O)NS(=O)(=O)C1(C)CC1. The van der Waals surface area contributed by atoms with E-state index < -0.39 is 50.1 Å². The van der Waals surface area contributed by atoms with Gasteiger partial charge < -0.3 is 24.0 Å². The zero-order valence-electron chi connectivity index (χ0n) is 38.3. The van der Waals surface area contributed by atoms with Crippen LogP contribution >= 0.6 is 0 Å². The Kier molecular flexibility index (Phi) is 12.1. The van der Waals surface area contributed by atoms with E-state index in [2.05, 4.69) is 29.3 Å². The number of hydrogen-bond acceptors (Lipinski definition) is 11. The molecule has 4 bridgehead atoms. The number of para-hydroxylation sites is 1. The van der Waals surface area contributed by atoms with Gasteiger partial charge in [0.25, 0.3) is 0 Å². The number of sulfonamides is 1. The first-order valence-corrected chi connectivity index (χ1v) is 26.4. The van der Waals surface area contributed by atoms with Crippen molar-refractivity contribution in [2.45, 2.75) is 183 Å². The molecule has 8 aliphatic rings. The van der Waals surface area contributed by atoms with Crippen molar-refractivity contribution >= 4 is 44.5 Å². The number of allylic oxidation sites excluding steroid dienone is 1. The topological polar surface area (TPSA) is 162 Å². The number of nitrogens with one attached hydrogen (secondary N) is 1. The Labute approximate surface area is 384 Å². The highest BCUT2D eigenvalue weighted by molar-refractivity contribution is 7.91. The van der Waals surface area contributed by atoms with E-state index in [0.717, 1.165) is 99.3 Å². The number of esters is 1. The van der Waals surface area contributed by atoms with Crippen LogP contribution in [0.1, 0.15) is 141 Å². The average Bonchev–Trinajstić information content (AvgIpc) is 4.25. The summed E-state index contributed by atoms with van der Waals surface area (Å²) in [5, 5.41) is 0.944. The third kappa shape index (κ3) is 8.84. The molecule has 2 amide bonds. The van der Waals surface area contributed by atoms with Crippen molar-refractivity contribution in [3.8, 4) is 11.6 Å². The van der Waals surface area contributed by atoms with Gasteiger partial charge in [0.1, 0.15) is 24.1 Å². The van der Waals surface area contributed by atoms with Crippen molar-refractivity contribution in [1.82, 2.24) is 19.5 Å². The quantitative estimate of drug-likeness (QED) is 0.187. The van der Waals surface area contributed by atoms with Gasteiger partial charge in [0, 0.05) is 30.3 Å². The van der Waals surface area contributed by atoms with Gasteiger partial charge in [0.15, 0.2) is 5.78 Å². The summed E-state index contributed by atoms with van der Waals surface area (Å²) in [6, 6.07) is 8.06. The molecule has 3 saturated heterocycles. The zero-order valence-corrected chi connectivity index (χ0v) is 39.2. The Morgan fingerprint density at radius 3 is 2.35 bits per heavy atom. The first-order valence-electron chi connectivity index (χ1n) is 24.9. The maximum Gasteiger partial charge on any atom is 0.306 e. The monoisotopic (exact) mass is 912 g/mol. The molecular formula is C51H68N4O9S. The standard InChI is InChI=1S/C51H68N4O9S/c1-4-33-28-51(33,49(59)53-65(60,61)50(2)21-22-50)29-43(56)42-26-37-30-55(42)48(58)40(31-13-7-5-8-14-31)27-45(57)64-44-23-32(44)15-9-6-10-17-39-46(38-16-11-12-18-41(38)52-47(39)63-37)62-36-24-34-19-20-35(25-36)54(34)3/h4,11-12,16,18,31-37,40,42,44H,1,5-10,13-15,17,19-30H2,2-3H3,(H,53,59)/t32-,33-,34?,35?,36?,37-,40+,42+,44-,51-/m1/s1. The Morgan fingerprint density at radius 1 is 0.938 bits per heavy atom. The molecule has 14 heteroatoms. The van der Waals surface area contributed by atoms with Gasteiger partial charge in [-0.2, -0.15) is 0 Å². The second-order valence-electron chi connectivity index (χ2n) is 21.5. The molecule has 2 aromatic rings. The van der Waals surface area contributed by atoms with E-state index in [9.17, 15) is 22.8 Å². The number of pyridine rings is 1. The molecule has 13 nitrogen and oxygen atoms in total. The van der Waals surface area contributed by atoms with Gasteiger partial charge in [0.2, 0.25) is 27.7 Å². The summed E-state index contributed by atoms with van der Waals surface area (Å²) in [6.07, 6.45) is 16.2. The van der Waals surface area contributed by atoms with Crippen LogP contribution < -0.4 is 14.2 Å². The van der Waals surface area contributed by atoms with Crippen molar-refractivity contribution in [3.05, 3.63) is 42.5 Å². The van der Waals surface area contributed by atoms with Crippen molar-refractivity contribution < 1.29 is 41.8 Å². The van der Waals surface area contributed by atoms with Gasteiger partial charge in [-0.25, -0.2) is 13.4 Å². The van der Waals surface area contributed by atoms with Crippen molar-refractivity contribution in [2.24, 2.45) is 29.1 Å². The summed E-state index contributed by atoms with van der Waals surface area (Å²) in [4.78, 5) is 67.3. The van der Waals surface area contributed by atoms with Crippen LogP contribution in [0, 0.1) is 29.1 Å². The van der Waals surface area contributed by atoms with Crippen molar-refractivity contribution in [3.63, 3.8) is 0 Å². The first kappa shape index (κ1) is 44.8. The smallest absolute Gasteiger partial charge is 0.306 e. The van der Waals surface area contributed by atoms with E-state index in [4.69, 9.17) is 19.2 Å². The number of benzene rings is 1. The number of piperidine rings is 1. The van der Waals surface area contributed by atoms with Crippen molar-refractivity contribution in [1.29, 1.82) is 0 Å². The van der Waals surface area contributed by atoms with E-state index in [1.54, 1.807) is 17.9 Å². The normalized spacial score (nSPS) is 35.1. The van der Waals surface area contributed by atoms with Gasteiger partial charge in [-0.3, -0.25) is 23.9 Å². The molecule has 65 heavy (non-hydrogen) atoms. The number of aromatic nitrogens is 1. The number of amides is 2. The minimum atomic E-state index is -3.96. The molecule has 2 unspecified atom stereocenters. The molecule has 0 spiro atoms. The number of carbonyl (C=O) groups is 4. The van der Waals surface area contributed by atoms with Crippen LogP contribution in [0.5, 0.6) is 11.6 Å². The number of nitrogens with zero attached hydrogens (tertiary/aromatic N) is 3. The lowest BCUT2D eigenvalue weighted by Gasteiger charge is -2.36. The summed E-state index contributed by atoms with van der Waals surface area (Å²) in [5.74, 6) is -1.17. The molecule has 10 rings (SSSR count). The lowest BCUT2D eigenvalue weighted by atomic mass is 9.77. The van der Waals surface area contributed by atoms with Crippen LogP contribution in [0.3, 0.4) is 0 Å². The van der Waals surface area contributed by atoms with Crippen LogP contribution in [0.25, 0.3) is 10.9 Å². The Bertz CT molecular complexity index is 2310.